The van der Waals surface area contributed by atoms with Crippen molar-refractivity contribution in [2.75, 3.05) is 5.75 Å². The van der Waals surface area contributed by atoms with Crippen LogP contribution >= 0.6 is 35.0 Å². The van der Waals surface area contributed by atoms with E-state index in [-0.39, 0.29) is 23.4 Å². The molecule has 2 heterocycles. The van der Waals surface area contributed by atoms with Crippen molar-refractivity contribution >= 4 is 46.8 Å². The number of hydrogen-bond donors (Lipinski definition) is 0. The van der Waals surface area contributed by atoms with E-state index >= 15 is 0 Å². The van der Waals surface area contributed by atoms with Crippen LogP contribution in [0.4, 0.5) is 0 Å². The Morgan fingerprint density at radius 3 is 3.00 bits per heavy atom. The number of halogens is 2. The maximum atomic E-state index is 12.3. The van der Waals surface area contributed by atoms with Gasteiger partial charge in [-0.3, -0.25) is 4.79 Å². The number of esters is 1. The van der Waals surface area contributed by atoms with Crippen LogP contribution in [0.3, 0.4) is 0 Å². The Balaban J connectivity index is 1.66. The third-order valence-electron chi connectivity index (χ3n) is 4.10. The molecule has 0 radical (unpaired) electrons. The van der Waals surface area contributed by atoms with Crippen LogP contribution in [-0.4, -0.2) is 33.4 Å². The summed E-state index contributed by atoms with van der Waals surface area (Å²) in [4.78, 5) is 25.8. The minimum atomic E-state index is -0.504. The molecular weight excluding hydrogens is 345 g/mol. The third kappa shape index (κ3) is 2.82. The molecule has 2 aliphatic heterocycles. The lowest BCUT2D eigenvalue weighted by atomic mass is 10.2. The van der Waals surface area contributed by atoms with Crippen molar-refractivity contribution in [3.8, 4) is 0 Å². The molecule has 1 amide bonds. The van der Waals surface area contributed by atoms with Gasteiger partial charge in [0.05, 0.1) is 4.87 Å². The molecule has 0 N–H and O–H groups in total. The second-order valence-corrected chi connectivity index (χ2v) is 7.95. The third-order valence-corrected chi connectivity index (χ3v) is 6.19. The van der Waals surface area contributed by atoms with E-state index < -0.39 is 6.04 Å². The Kier molecular flexibility index (Phi) is 4.32. The molecule has 0 bridgehead atoms. The van der Waals surface area contributed by atoms with E-state index in [9.17, 15) is 9.59 Å². The van der Waals surface area contributed by atoms with Gasteiger partial charge in [-0.15, -0.1) is 11.8 Å². The van der Waals surface area contributed by atoms with Gasteiger partial charge in [0.2, 0.25) is 5.91 Å². The molecule has 0 unspecified atom stereocenters. The number of rotatable bonds is 3. The summed E-state index contributed by atoms with van der Waals surface area (Å²) in [6.45, 7) is 2.08. The fourth-order valence-corrected chi connectivity index (χ4v) is 4.76. The molecule has 0 saturated carbocycles. The fraction of sp³-hybridized carbons (Fsp3) is 0.467. The van der Waals surface area contributed by atoms with Gasteiger partial charge in [-0.2, -0.15) is 0 Å². The summed E-state index contributed by atoms with van der Waals surface area (Å²) in [7, 11) is 0. The van der Waals surface area contributed by atoms with Gasteiger partial charge in [0, 0.05) is 27.8 Å². The second kappa shape index (κ2) is 5.95. The van der Waals surface area contributed by atoms with E-state index in [1.54, 1.807) is 34.9 Å². The van der Waals surface area contributed by atoms with Gasteiger partial charge in [0.15, 0.2) is 0 Å². The first kappa shape index (κ1) is 16.0. The van der Waals surface area contributed by atoms with Crippen LogP contribution < -0.4 is 0 Å². The molecule has 2 saturated heterocycles. The summed E-state index contributed by atoms with van der Waals surface area (Å²) in [5.74, 6) is 0.228. The van der Waals surface area contributed by atoms with Crippen molar-refractivity contribution in [3.05, 3.63) is 33.8 Å². The standard InChI is InChI=1S/C15H15Cl2NO3S/c1-15-5-4-13(19)18(15)12(8-22-15)14(20)21-7-9-2-3-10(16)6-11(9)17/h2-3,6,12H,4-5,7-8H2,1H3/t12-,15+/m0/s1. The predicted octanol–water partition coefficient (Wildman–Crippen LogP) is 3.49. The van der Waals surface area contributed by atoms with Crippen molar-refractivity contribution < 1.29 is 14.3 Å². The van der Waals surface area contributed by atoms with Gasteiger partial charge in [0.1, 0.15) is 12.6 Å². The SMILES string of the molecule is C[C@@]12CCC(=O)N1[C@H](C(=O)OCc1ccc(Cl)cc1Cl)CS2. The van der Waals surface area contributed by atoms with E-state index in [4.69, 9.17) is 27.9 Å². The summed E-state index contributed by atoms with van der Waals surface area (Å²) in [6.07, 6.45) is 1.28. The lowest BCUT2D eigenvalue weighted by molar-refractivity contribution is -0.154. The Labute approximate surface area is 143 Å². The van der Waals surface area contributed by atoms with Crippen LogP contribution in [0.5, 0.6) is 0 Å². The zero-order valence-corrected chi connectivity index (χ0v) is 14.3. The number of fused-ring (bicyclic) bond motifs is 1. The first-order valence-electron chi connectivity index (χ1n) is 6.97. The van der Waals surface area contributed by atoms with Crippen LogP contribution in [0.1, 0.15) is 25.3 Å². The van der Waals surface area contributed by atoms with Gasteiger partial charge < -0.3 is 9.64 Å². The van der Waals surface area contributed by atoms with Crippen LogP contribution in [0.25, 0.3) is 0 Å². The molecule has 2 fully saturated rings. The summed E-state index contributed by atoms with van der Waals surface area (Å²) < 4.78 is 5.36. The molecule has 1 aromatic carbocycles. The van der Waals surface area contributed by atoms with Crippen molar-refractivity contribution in [2.24, 2.45) is 0 Å². The van der Waals surface area contributed by atoms with Crippen LogP contribution in [0.2, 0.25) is 10.0 Å². The highest BCUT2D eigenvalue weighted by Gasteiger charge is 2.53. The predicted molar refractivity (Wildman–Crippen MR) is 87.0 cm³/mol. The quantitative estimate of drug-likeness (QED) is 0.775. The van der Waals surface area contributed by atoms with Gasteiger partial charge >= 0.3 is 5.97 Å². The van der Waals surface area contributed by atoms with Gasteiger partial charge in [-0.05, 0) is 25.5 Å². The molecule has 1 aromatic rings. The van der Waals surface area contributed by atoms with Gasteiger partial charge in [-0.25, -0.2) is 4.79 Å². The Hall–Kier alpha value is -0.910. The molecule has 2 atom stereocenters. The monoisotopic (exact) mass is 359 g/mol. The number of amides is 1. The highest BCUT2D eigenvalue weighted by atomic mass is 35.5. The van der Waals surface area contributed by atoms with Gasteiger partial charge in [-0.1, -0.05) is 29.3 Å². The maximum Gasteiger partial charge on any atom is 0.330 e. The van der Waals surface area contributed by atoms with E-state index in [1.807, 2.05) is 6.92 Å². The first-order valence-corrected chi connectivity index (χ1v) is 8.71. The van der Waals surface area contributed by atoms with E-state index in [0.29, 0.717) is 27.8 Å². The molecule has 2 aliphatic rings. The lowest BCUT2D eigenvalue weighted by Gasteiger charge is -2.29. The molecular formula is C15H15Cl2NO3S. The number of nitrogens with zero attached hydrogens (tertiary/aromatic N) is 1. The number of carbonyl (C=O) groups is 2. The zero-order chi connectivity index (χ0) is 15.9. The second-order valence-electron chi connectivity index (χ2n) is 5.61. The van der Waals surface area contributed by atoms with E-state index in [0.717, 1.165) is 6.42 Å². The van der Waals surface area contributed by atoms with Gasteiger partial charge in [0.25, 0.3) is 0 Å². The number of carbonyl (C=O) groups excluding carboxylic acids is 2. The van der Waals surface area contributed by atoms with Crippen molar-refractivity contribution in [1.82, 2.24) is 4.90 Å². The molecule has 118 valence electrons. The Morgan fingerprint density at radius 1 is 1.50 bits per heavy atom. The van der Waals surface area contributed by atoms with E-state index in [1.165, 1.54) is 0 Å². The summed E-state index contributed by atoms with van der Waals surface area (Å²) in [5, 5.41) is 0.994. The topological polar surface area (TPSA) is 46.6 Å². The van der Waals surface area contributed by atoms with Crippen molar-refractivity contribution in [3.63, 3.8) is 0 Å². The zero-order valence-electron chi connectivity index (χ0n) is 12.0. The molecule has 3 rings (SSSR count). The molecule has 0 aliphatic carbocycles. The summed E-state index contributed by atoms with van der Waals surface area (Å²) in [6, 6.07) is 4.53. The molecule has 22 heavy (non-hydrogen) atoms. The molecule has 0 spiro atoms. The first-order chi connectivity index (χ1) is 10.4. The fourth-order valence-electron chi connectivity index (χ4n) is 2.88. The molecule has 7 heteroatoms. The van der Waals surface area contributed by atoms with Crippen molar-refractivity contribution in [2.45, 2.75) is 37.3 Å². The normalized spacial score (nSPS) is 27.1. The number of hydrogen-bond acceptors (Lipinski definition) is 4. The Morgan fingerprint density at radius 2 is 2.27 bits per heavy atom. The molecule has 0 aromatic heterocycles. The molecule has 4 nitrogen and oxygen atoms in total. The van der Waals surface area contributed by atoms with Crippen LogP contribution in [-0.2, 0) is 20.9 Å². The Bertz CT molecular complexity index is 639. The largest absolute Gasteiger partial charge is 0.459 e. The van der Waals surface area contributed by atoms with E-state index in [2.05, 4.69) is 0 Å². The summed E-state index contributed by atoms with van der Waals surface area (Å²) in [5.41, 5.74) is 0.695. The minimum Gasteiger partial charge on any atom is -0.459 e. The minimum absolute atomic E-state index is 0.0268. The van der Waals surface area contributed by atoms with Crippen LogP contribution in [0.15, 0.2) is 18.2 Å². The number of thioether (sulfide) groups is 1. The number of benzene rings is 1. The highest BCUT2D eigenvalue weighted by molar-refractivity contribution is 8.01. The van der Waals surface area contributed by atoms with Crippen LogP contribution in [0, 0.1) is 0 Å². The highest BCUT2D eigenvalue weighted by Crippen LogP contribution is 2.47. The van der Waals surface area contributed by atoms with Crippen molar-refractivity contribution in [1.29, 1.82) is 0 Å². The lowest BCUT2D eigenvalue weighted by Crippen LogP contribution is -2.46. The maximum absolute atomic E-state index is 12.3. The number of ether oxygens (including phenoxy) is 1. The average molecular weight is 360 g/mol. The smallest absolute Gasteiger partial charge is 0.330 e. The average Bonchev–Trinajstić information content (AvgIpc) is 2.95. The summed E-state index contributed by atoms with van der Waals surface area (Å²) >= 11 is 13.5.